The van der Waals surface area contributed by atoms with Crippen molar-refractivity contribution in [3.8, 4) is 0 Å². The molecule has 2 amide bonds. The number of rotatable bonds is 5. The summed E-state index contributed by atoms with van der Waals surface area (Å²) in [5.41, 5.74) is 1.51. The molecule has 1 unspecified atom stereocenters. The topological polar surface area (TPSA) is 49.4 Å². The summed E-state index contributed by atoms with van der Waals surface area (Å²) in [7, 11) is 0. The molecule has 0 spiro atoms. The number of nitrogens with zero attached hydrogens (tertiary/aromatic N) is 1. The van der Waals surface area contributed by atoms with Crippen molar-refractivity contribution < 1.29 is 14.0 Å². The molecule has 0 bridgehead atoms. The largest absolute Gasteiger partial charge is 0.355 e. The van der Waals surface area contributed by atoms with Gasteiger partial charge in [-0.1, -0.05) is 48.9 Å². The Labute approximate surface area is 158 Å². The molecule has 140 valence electrons. The van der Waals surface area contributed by atoms with Crippen molar-refractivity contribution in [1.82, 2.24) is 5.32 Å². The normalized spacial score (nSPS) is 21.0. The van der Waals surface area contributed by atoms with Crippen LogP contribution in [0.2, 0.25) is 0 Å². The van der Waals surface area contributed by atoms with Crippen LogP contribution >= 0.6 is 0 Å². The average molecular weight is 366 g/mol. The monoisotopic (exact) mass is 366 g/mol. The van der Waals surface area contributed by atoms with Crippen molar-refractivity contribution in [2.45, 2.75) is 31.1 Å². The molecule has 4 rings (SSSR count). The van der Waals surface area contributed by atoms with E-state index in [1.54, 1.807) is 18.2 Å². The van der Waals surface area contributed by atoms with Gasteiger partial charge in [-0.25, -0.2) is 4.39 Å². The zero-order valence-corrected chi connectivity index (χ0v) is 15.2. The molecule has 0 radical (unpaired) electrons. The van der Waals surface area contributed by atoms with Crippen LogP contribution in [-0.2, 0) is 15.0 Å². The molecule has 2 aromatic rings. The summed E-state index contributed by atoms with van der Waals surface area (Å²) in [6.07, 6.45) is 3.40. The Kier molecular flexibility index (Phi) is 4.68. The molecule has 1 N–H and O–H groups in total. The molecule has 1 heterocycles. The first-order valence-electron chi connectivity index (χ1n) is 9.47. The summed E-state index contributed by atoms with van der Waals surface area (Å²) in [5, 5.41) is 3.06. The zero-order chi connectivity index (χ0) is 18.9. The van der Waals surface area contributed by atoms with Crippen LogP contribution in [0.15, 0.2) is 54.6 Å². The average Bonchev–Trinajstić information content (AvgIpc) is 3.04. The minimum absolute atomic E-state index is 0.00472. The summed E-state index contributed by atoms with van der Waals surface area (Å²) in [6, 6.07) is 16.5. The molecule has 2 fully saturated rings. The minimum atomic E-state index is -0.440. The Morgan fingerprint density at radius 3 is 2.48 bits per heavy atom. The van der Waals surface area contributed by atoms with Crippen molar-refractivity contribution in [2.75, 3.05) is 18.0 Å². The second kappa shape index (κ2) is 7.14. The fraction of sp³-hybridized carbons (Fsp3) is 0.364. The van der Waals surface area contributed by atoms with E-state index in [0.717, 1.165) is 19.3 Å². The molecule has 27 heavy (non-hydrogen) atoms. The minimum Gasteiger partial charge on any atom is -0.355 e. The molecular formula is C22H23FN2O2. The van der Waals surface area contributed by atoms with E-state index in [0.29, 0.717) is 6.54 Å². The Morgan fingerprint density at radius 2 is 1.81 bits per heavy atom. The molecule has 0 aromatic heterocycles. The highest BCUT2D eigenvalue weighted by atomic mass is 19.1. The molecule has 5 heteroatoms. The van der Waals surface area contributed by atoms with Gasteiger partial charge in [-0.3, -0.25) is 9.59 Å². The second-order valence-electron chi connectivity index (χ2n) is 7.57. The van der Waals surface area contributed by atoms with E-state index in [1.165, 1.54) is 16.5 Å². The van der Waals surface area contributed by atoms with Crippen LogP contribution < -0.4 is 10.2 Å². The summed E-state index contributed by atoms with van der Waals surface area (Å²) in [6.45, 7) is 0.810. The Morgan fingerprint density at radius 1 is 1.11 bits per heavy atom. The third-order valence-electron chi connectivity index (χ3n) is 5.94. The lowest BCUT2D eigenvalue weighted by atomic mass is 9.64. The van der Waals surface area contributed by atoms with Gasteiger partial charge >= 0.3 is 0 Å². The third kappa shape index (κ3) is 3.34. The lowest BCUT2D eigenvalue weighted by molar-refractivity contribution is -0.126. The highest BCUT2D eigenvalue weighted by molar-refractivity contribution is 6.00. The van der Waals surface area contributed by atoms with E-state index in [2.05, 4.69) is 17.4 Å². The predicted molar refractivity (Wildman–Crippen MR) is 102 cm³/mol. The fourth-order valence-corrected chi connectivity index (χ4v) is 4.15. The van der Waals surface area contributed by atoms with Crippen LogP contribution in [0.25, 0.3) is 0 Å². The molecule has 4 nitrogen and oxygen atoms in total. The number of para-hydroxylation sites is 1. The number of amides is 2. The first-order chi connectivity index (χ1) is 13.1. The van der Waals surface area contributed by atoms with Crippen LogP contribution in [0.5, 0.6) is 0 Å². The van der Waals surface area contributed by atoms with Crippen molar-refractivity contribution in [3.05, 3.63) is 66.0 Å². The van der Waals surface area contributed by atoms with Gasteiger partial charge in [0.15, 0.2) is 0 Å². The van der Waals surface area contributed by atoms with Gasteiger partial charge in [0.05, 0.1) is 11.6 Å². The number of hydrogen-bond acceptors (Lipinski definition) is 2. The smallest absolute Gasteiger partial charge is 0.227 e. The first-order valence-corrected chi connectivity index (χ1v) is 9.47. The Balaban J connectivity index is 1.41. The molecule has 1 atom stereocenters. The number of carbonyl (C=O) groups is 2. The van der Waals surface area contributed by atoms with E-state index < -0.39 is 11.7 Å². The second-order valence-corrected chi connectivity index (χ2v) is 7.57. The lowest BCUT2D eigenvalue weighted by Crippen LogP contribution is -2.47. The predicted octanol–water partition coefficient (Wildman–Crippen LogP) is 3.42. The van der Waals surface area contributed by atoms with Gasteiger partial charge in [0.2, 0.25) is 11.8 Å². The van der Waals surface area contributed by atoms with Crippen molar-refractivity contribution >= 4 is 17.5 Å². The summed E-state index contributed by atoms with van der Waals surface area (Å²) >= 11 is 0. The third-order valence-corrected chi connectivity index (χ3v) is 5.94. The molecule has 1 saturated carbocycles. The van der Waals surface area contributed by atoms with Gasteiger partial charge in [-0.15, -0.1) is 0 Å². The SMILES string of the molecule is O=C(NCC1(c2ccccc2)CCC1)C1CC(=O)N(c2ccccc2F)C1. The number of halogens is 1. The molecule has 1 saturated heterocycles. The van der Waals surface area contributed by atoms with Crippen molar-refractivity contribution in [3.63, 3.8) is 0 Å². The van der Waals surface area contributed by atoms with Crippen molar-refractivity contribution in [2.24, 2.45) is 5.92 Å². The number of anilines is 1. The number of benzene rings is 2. The maximum Gasteiger partial charge on any atom is 0.227 e. The summed E-state index contributed by atoms with van der Waals surface area (Å²) < 4.78 is 14.0. The Hall–Kier alpha value is -2.69. The lowest BCUT2D eigenvalue weighted by Gasteiger charge is -2.42. The van der Waals surface area contributed by atoms with Crippen LogP contribution in [-0.4, -0.2) is 24.9 Å². The van der Waals surface area contributed by atoms with Gasteiger partial charge in [-0.05, 0) is 30.5 Å². The number of hydrogen-bond donors (Lipinski definition) is 1. The first kappa shape index (κ1) is 17.7. The summed E-state index contributed by atoms with van der Waals surface area (Å²) in [4.78, 5) is 26.4. The molecule has 1 aliphatic heterocycles. The van der Waals surface area contributed by atoms with E-state index >= 15 is 0 Å². The number of carbonyl (C=O) groups excluding carboxylic acids is 2. The maximum atomic E-state index is 14.0. The van der Waals surface area contributed by atoms with Gasteiger partial charge in [-0.2, -0.15) is 0 Å². The van der Waals surface area contributed by atoms with Crippen LogP contribution in [0.1, 0.15) is 31.2 Å². The molecule has 1 aliphatic carbocycles. The van der Waals surface area contributed by atoms with E-state index in [-0.39, 0.29) is 35.9 Å². The van der Waals surface area contributed by atoms with Gasteiger partial charge in [0.25, 0.3) is 0 Å². The Bertz CT molecular complexity index is 848. The van der Waals surface area contributed by atoms with Crippen LogP contribution in [0.3, 0.4) is 0 Å². The summed E-state index contributed by atoms with van der Waals surface area (Å²) in [5.74, 6) is -1.21. The van der Waals surface area contributed by atoms with Gasteiger partial charge < -0.3 is 10.2 Å². The van der Waals surface area contributed by atoms with Crippen LogP contribution in [0.4, 0.5) is 10.1 Å². The van der Waals surface area contributed by atoms with Gasteiger partial charge in [0.1, 0.15) is 5.82 Å². The molecular weight excluding hydrogens is 343 g/mol. The fourth-order valence-electron chi connectivity index (χ4n) is 4.15. The van der Waals surface area contributed by atoms with E-state index in [4.69, 9.17) is 0 Å². The zero-order valence-electron chi connectivity index (χ0n) is 15.2. The quantitative estimate of drug-likeness (QED) is 0.882. The highest BCUT2D eigenvalue weighted by Crippen LogP contribution is 2.43. The molecule has 2 aromatic carbocycles. The number of nitrogens with one attached hydrogen (secondary N) is 1. The highest BCUT2D eigenvalue weighted by Gasteiger charge is 2.41. The maximum absolute atomic E-state index is 14.0. The van der Waals surface area contributed by atoms with Gasteiger partial charge in [0, 0.05) is 24.9 Å². The van der Waals surface area contributed by atoms with E-state index in [9.17, 15) is 14.0 Å². The van der Waals surface area contributed by atoms with E-state index in [1.807, 2.05) is 18.2 Å². The van der Waals surface area contributed by atoms with Crippen molar-refractivity contribution in [1.29, 1.82) is 0 Å². The van der Waals surface area contributed by atoms with Crippen LogP contribution in [0, 0.1) is 11.7 Å². The standard InChI is InChI=1S/C22H23FN2O2/c23-18-9-4-5-10-19(18)25-14-16(13-20(25)26)21(27)24-15-22(11-6-12-22)17-7-2-1-3-8-17/h1-5,7-10,16H,6,11-15H2,(H,24,27). The molecule has 2 aliphatic rings.